The van der Waals surface area contributed by atoms with E-state index in [9.17, 15) is 8.42 Å². The topological polar surface area (TPSA) is 84.1 Å². The van der Waals surface area contributed by atoms with E-state index in [4.69, 9.17) is 4.74 Å². The second-order valence-electron chi connectivity index (χ2n) is 3.70. The van der Waals surface area contributed by atoms with Gasteiger partial charge >= 0.3 is 0 Å². The van der Waals surface area contributed by atoms with Crippen LogP contribution in [0.1, 0.15) is 5.69 Å². The summed E-state index contributed by atoms with van der Waals surface area (Å²) in [5.74, 6) is 0.576. The fraction of sp³-hybridized carbons (Fsp3) is 0.182. The molecule has 0 radical (unpaired) electrons. The predicted molar refractivity (Wildman–Crippen MR) is 73.3 cm³/mol. The molecule has 0 fully saturated rings. The van der Waals surface area contributed by atoms with Gasteiger partial charge < -0.3 is 4.74 Å². The second-order valence-corrected chi connectivity index (χ2v) is 6.32. The van der Waals surface area contributed by atoms with Crippen molar-refractivity contribution in [2.24, 2.45) is 0 Å². The summed E-state index contributed by atoms with van der Waals surface area (Å²) in [5, 5.41) is 6.43. The molecule has 1 heterocycles. The molecule has 0 spiro atoms. The van der Waals surface area contributed by atoms with Gasteiger partial charge in [-0.1, -0.05) is 0 Å². The highest BCUT2D eigenvalue weighted by Gasteiger charge is 2.15. The first kappa shape index (κ1) is 14.0. The third-order valence-electron chi connectivity index (χ3n) is 2.44. The predicted octanol–water partition coefficient (Wildman–Crippen LogP) is 1.66. The molecule has 2 rings (SSSR count). The van der Waals surface area contributed by atoms with Crippen LogP contribution in [0.15, 0.2) is 39.8 Å². The fourth-order valence-corrected chi connectivity index (χ4v) is 3.18. The molecule has 19 heavy (non-hydrogen) atoms. The Morgan fingerprint density at radius 2 is 2.21 bits per heavy atom. The lowest BCUT2D eigenvalue weighted by Gasteiger charge is -2.08. The molecule has 0 bridgehead atoms. The van der Waals surface area contributed by atoms with Crippen molar-refractivity contribution in [1.82, 2.24) is 14.9 Å². The Balaban J connectivity index is 2.17. The van der Waals surface area contributed by atoms with E-state index in [0.717, 1.165) is 0 Å². The fourth-order valence-electron chi connectivity index (χ4n) is 1.45. The number of H-pyrrole nitrogens is 1. The van der Waals surface area contributed by atoms with Gasteiger partial charge in [-0.3, -0.25) is 5.10 Å². The standard InChI is InChI=1S/C11H12BrN3O3S/c1-18-11-3-2-9(6-10(11)12)19(16,17)14-7-8-4-5-13-15-8/h2-6,14H,7H2,1H3,(H,13,15). The Hall–Kier alpha value is -1.38. The number of hydrogen-bond donors (Lipinski definition) is 2. The molecule has 0 atom stereocenters. The van der Waals surface area contributed by atoms with Crippen LogP contribution >= 0.6 is 15.9 Å². The van der Waals surface area contributed by atoms with Crippen molar-refractivity contribution in [2.45, 2.75) is 11.4 Å². The van der Waals surface area contributed by atoms with Gasteiger partial charge in [0.1, 0.15) is 5.75 Å². The maximum Gasteiger partial charge on any atom is 0.240 e. The lowest BCUT2D eigenvalue weighted by atomic mass is 10.3. The van der Waals surface area contributed by atoms with Crippen LogP contribution in [0, 0.1) is 0 Å². The van der Waals surface area contributed by atoms with Crippen LogP contribution in [-0.4, -0.2) is 25.7 Å². The highest BCUT2D eigenvalue weighted by atomic mass is 79.9. The summed E-state index contributed by atoms with van der Waals surface area (Å²) in [4.78, 5) is 0.166. The van der Waals surface area contributed by atoms with Gasteiger partial charge in [0.25, 0.3) is 0 Å². The molecular formula is C11H12BrN3O3S. The van der Waals surface area contributed by atoms with Gasteiger partial charge in [0, 0.05) is 6.20 Å². The average molecular weight is 346 g/mol. The van der Waals surface area contributed by atoms with Gasteiger partial charge in [0.15, 0.2) is 0 Å². The smallest absolute Gasteiger partial charge is 0.240 e. The lowest BCUT2D eigenvalue weighted by Crippen LogP contribution is -2.23. The highest BCUT2D eigenvalue weighted by Crippen LogP contribution is 2.27. The molecule has 1 aromatic heterocycles. The molecule has 0 saturated carbocycles. The molecule has 2 N–H and O–H groups in total. The SMILES string of the molecule is COc1ccc(S(=O)(=O)NCc2ccn[nH]2)cc1Br. The van der Waals surface area contributed by atoms with E-state index in [0.29, 0.717) is 15.9 Å². The Labute approximate surface area is 119 Å². The minimum Gasteiger partial charge on any atom is -0.496 e. The molecule has 2 aromatic rings. The third-order valence-corrected chi connectivity index (χ3v) is 4.46. The molecule has 0 aliphatic rings. The highest BCUT2D eigenvalue weighted by molar-refractivity contribution is 9.10. The number of hydrogen-bond acceptors (Lipinski definition) is 4. The Kier molecular flexibility index (Phi) is 4.23. The quantitative estimate of drug-likeness (QED) is 0.862. The van der Waals surface area contributed by atoms with Crippen LogP contribution in [-0.2, 0) is 16.6 Å². The molecule has 0 saturated heterocycles. The van der Waals surface area contributed by atoms with Crippen molar-refractivity contribution in [2.75, 3.05) is 7.11 Å². The molecule has 8 heteroatoms. The van der Waals surface area contributed by atoms with Gasteiger partial charge in [0.05, 0.1) is 28.7 Å². The first-order chi connectivity index (χ1) is 9.03. The van der Waals surface area contributed by atoms with Crippen LogP contribution in [0.25, 0.3) is 0 Å². The molecule has 6 nitrogen and oxygen atoms in total. The summed E-state index contributed by atoms with van der Waals surface area (Å²) in [6, 6.07) is 6.27. The Morgan fingerprint density at radius 3 is 2.79 bits per heavy atom. The van der Waals surface area contributed by atoms with Gasteiger partial charge in [-0.05, 0) is 40.2 Å². The van der Waals surface area contributed by atoms with Gasteiger partial charge in [-0.25, -0.2) is 13.1 Å². The van der Waals surface area contributed by atoms with Crippen molar-refractivity contribution in [1.29, 1.82) is 0 Å². The lowest BCUT2D eigenvalue weighted by molar-refractivity contribution is 0.411. The van der Waals surface area contributed by atoms with Gasteiger partial charge in [0.2, 0.25) is 10.0 Å². The summed E-state index contributed by atoms with van der Waals surface area (Å²) >= 11 is 3.26. The number of nitrogens with zero attached hydrogens (tertiary/aromatic N) is 1. The van der Waals surface area contributed by atoms with E-state index in [1.54, 1.807) is 18.3 Å². The maximum absolute atomic E-state index is 12.1. The van der Waals surface area contributed by atoms with Crippen molar-refractivity contribution >= 4 is 26.0 Å². The molecule has 0 unspecified atom stereocenters. The molecular weight excluding hydrogens is 334 g/mol. The van der Waals surface area contributed by atoms with Crippen LogP contribution in [0.3, 0.4) is 0 Å². The number of ether oxygens (including phenoxy) is 1. The maximum atomic E-state index is 12.1. The summed E-state index contributed by atoms with van der Waals surface area (Å²) in [6.45, 7) is 0.159. The Morgan fingerprint density at radius 1 is 1.42 bits per heavy atom. The van der Waals surface area contributed by atoms with E-state index < -0.39 is 10.0 Å². The number of methoxy groups -OCH3 is 1. The molecule has 0 aliphatic carbocycles. The van der Waals surface area contributed by atoms with Crippen molar-refractivity contribution in [3.05, 3.63) is 40.6 Å². The zero-order chi connectivity index (χ0) is 13.9. The van der Waals surface area contributed by atoms with Crippen molar-refractivity contribution < 1.29 is 13.2 Å². The van der Waals surface area contributed by atoms with E-state index in [1.165, 1.54) is 19.2 Å². The summed E-state index contributed by atoms with van der Waals surface area (Å²) in [7, 11) is -2.05. The monoisotopic (exact) mass is 345 g/mol. The number of halogens is 1. The molecule has 0 amide bonds. The largest absolute Gasteiger partial charge is 0.496 e. The number of sulfonamides is 1. The minimum atomic E-state index is -3.57. The van der Waals surface area contributed by atoms with Crippen LogP contribution in [0.5, 0.6) is 5.75 Å². The number of aromatic amines is 1. The molecule has 1 aromatic carbocycles. The van der Waals surface area contributed by atoms with Crippen LogP contribution < -0.4 is 9.46 Å². The normalized spacial score (nSPS) is 11.5. The summed E-state index contributed by atoms with van der Waals surface area (Å²) in [5.41, 5.74) is 0.691. The van der Waals surface area contributed by atoms with Gasteiger partial charge in [-0.15, -0.1) is 0 Å². The van der Waals surface area contributed by atoms with E-state index in [-0.39, 0.29) is 11.4 Å². The Bertz CT molecular complexity index is 656. The number of benzene rings is 1. The van der Waals surface area contributed by atoms with Crippen LogP contribution in [0.2, 0.25) is 0 Å². The van der Waals surface area contributed by atoms with Crippen molar-refractivity contribution in [3.8, 4) is 5.75 Å². The third kappa shape index (κ3) is 3.34. The number of nitrogens with one attached hydrogen (secondary N) is 2. The first-order valence-corrected chi connectivity index (χ1v) is 7.62. The average Bonchev–Trinajstić information content (AvgIpc) is 2.89. The second kappa shape index (κ2) is 5.72. The molecule has 0 aliphatic heterocycles. The molecule has 102 valence electrons. The summed E-state index contributed by atoms with van der Waals surface area (Å²) < 4.78 is 32.3. The summed E-state index contributed by atoms with van der Waals surface area (Å²) in [6.07, 6.45) is 1.56. The number of rotatable bonds is 5. The van der Waals surface area contributed by atoms with Gasteiger partial charge in [-0.2, -0.15) is 5.10 Å². The zero-order valence-corrected chi connectivity index (χ0v) is 12.5. The number of aromatic nitrogens is 2. The van der Waals surface area contributed by atoms with E-state index >= 15 is 0 Å². The van der Waals surface area contributed by atoms with Crippen molar-refractivity contribution in [3.63, 3.8) is 0 Å². The minimum absolute atomic E-state index is 0.159. The van der Waals surface area contributed by atoms with E-state index in [1.807, 2.05) is 0 Å². The van der Waals surface area contributed by atoms with E-state index in [2.05, 4.69) is 30.8 Å². The van der Waals surface area contributed by atoms with Crippen LogP contribution in [0.4, 0.5) is 0 Å². The first-order valence-electron chi connectivity index (χ1n) is 5.34. The zero-order valence-electron chi connectivity index (χ0n) is 10.1.